The van der Waals surface area contributed by atoms with Gasteiger partial charge in [0, 0.05) is 44.8 Å². The molecule has 7 nitrogen and oxygen atoms in total. The van der Waals surface area contributed by atoms with Crippen LogP contribution in [0.4, 0.5) is 5.82 Å². The maximum atomic E-state index is 13.8. The highest BCUT2D eigenvalue weighted by Crippen LogP contribution is 2.40. The standard InChI is InChI=1S/C34H37N5O2S2/c1-4-5-16-38-31(37-19-17-36(18-20-37)23-26-12-8-6-9-13-26)28(24(2)29(22-35)32(38)40)21-30-33(41)39(34(42)43-30)25(3)27-14-10-7-11-15-27/h6-15,21,25H,4-5,16-20,23H2,1-3H3/b30-21+. The Morgan fingerprint density at radius 2 is 1.67 bits per heavy atom. The van der Waals surface area contributed by atoms with Crippen molar-refractivity contribution in [2.45, 2.75) is 52.7 Å². The lowest BCUT2D eigenvalue weighted by Crippen LogP contribution is -2.48. The van der Waals surface area contributed by atoms with E-state index in [0.717, 1.165) is 62.5 Å². The highest BCUT2D eigenvalue weighted by Gasteiger charge is 2.37. The first-order valence-corrected chi connectivity index (χ1v) is 16.1. The topological polar surface area (TPSA) is 72.6 Å². The summed E-state index contributed by atoms with van der Waals surface area (Å²) < 4.78 is 2.27. The van der Waals surface area contributed by atoms with Gasteiger partial charge in [0.1, 0.15) is 21.8 Å². The van der Waals surface area contributed by atoms with Crippen LogP contribution in [-0.4, -0.2) is 50.8 Å². The lowest BCUT2D eigenvalue weighted by Gasteiger charge is -2.38. The fraction of sp³-hybridized carbons (Fsp3) is 0.353. The molecule has 2 aliphatic heterocycles. The number of nitriles is 1. The van der Waals surface area contributed by atoms with E-state index in [-0.39, 0.29) is 23.1 Å². The quantitative estimate of drug-likeness (QED) is 0.214. The summed E-state index contributed by atoms with van der Waals surface area (Å²) >= 11 is 6.98. The summed E-state index contributed by atoms with van der Waals surface area (Å²) in [7, 11) is 0. The predicted octanol–water partition coefficient (Wildman–Crippen LogP) is 6.11. The minimum atomic E-state index is -0.266. The third-order valence-corrected chi connectivity index (χ3v) is 9.60. The number of rotatable bonds is 9. The van der Waals surface area contributed by atoms with Crippen LogP contribution in [0, 0.1) is 18.3 Å². The number of thiocarbonyl (C=S) groups is 1. The Morgan fingerprint density at radius 3 is 2.30 bits per heavy atom. The van der Waals surface area contributed by atoms with Gasteiger partial charge in [-0.3, -0.25) is 24.0 Å². The average molecular weight is 612 g/mol. The molecule has 222 valence electrons. The minimum absolute atomic E-state index is 0.127. The number of piperazine rings is 1. The molecule has 2 aliphatic rings. The molecule has 0 aliphatic carbocycles. The van der Waals surface area contributed by atoms with E-state index >= 15 is 0 Å². The number of unbranched alkanes of at least 4 members (excludes halogenated alkanes) is 1. The van der Waals surface area contributed by atoms with E-state index in [1.165, 1.54) is 17.3 Å². The molecular weight excluding hydrogens is 575 g/mol. The van der Waals surface area contributed by atoms with Gasteiger partial charge in [-0.05, 0) is 43.0 Å². The van der Waals surface area contributed by atoms with Gasteiger partial charge in [0.15, 0.2) is 0 Å². The fourth-order valence-corrected chi connectivity index (χ4v) is 7.19. The van der Waals surface area contributed by atoms with Crippen LogP contribution in [0.1, 0.15) is 60.5 Å². The molecule has 1 unspecified atom stereocenters. The van der Waals surface area contributed by atoms with Crippen molar-refractivity contribution >= 4 is 46.1 Å². The van der Waals surface area contributed by atoms with Crippen LogP contribution < -0.4 is 10.5 Å². The van der Waals surface area contributed by atoms with Gasteiger partial charge < -0.3 is 4.90 Å². The highest BCUT2D eigenvalue weighted by atomic mass is 32.2. The first-order chi connectivity index (χ1) is 20.8. The minimum Gasteiger partial charge on any atom is -0.355 e. The van der Waals surface area contributed by atoms with Gasteiger partial charge in [0.25, 0.3) is 11.5 Å². The Labute approximate surface area is 263 Å². The van der Waals surface area contributed by atoms with Crippen LogP contribution in [0.25, 0.3) is 6.08 Å². The number of hydrogen-bond donors (Lipinski definition) is 0. The Balaban J connectivity index is 1.53. The van der Waals surface area contributed by atoms with E-state index < -0.39 is 0 Å². The molecule has 0 saturated carbocycles. The summed E-state index contributed by atoms with van der Waals surface area (Å²) in [6.07, 6.45) is 3.59. The van der Waals surface area contributed by atoms with Crippen molar-refractivity contribution in [3.05, 3.63) is 104 Å². The molecule has 1 aromatic heterocycles. The van der Waals surface area contributed by atoms with Crippen LogP contribution in [0.15, 0.2) is 70.4 Å². The van der Waals surface area contributed by atoms with Gasteiger partial charge in [-0.1, -0.05) is 98.0 Å². The zero-order valence-corrected chi connectivity index (χ0v) is 26.6. The van der Waals surface area contributed by atoms with E-state index in [1.807, 2.05) is 56.3 Å². The molecule has 5 rings (SSSR count). The van der Waals surface area contributed by atoms with Crippen molar-refractivity contribution in [1.82, 2.24) is 14.4 Å². The lowest BCUT2D eigenvalue weighted by atomic mass is 10.0. The number of anilines is 1. The molecule has 9 heteroatoms. The predicted molar refractivity (Wildman–Crippen MR) is 179 cm³/mol. The Kier molecular flexibility index (Phi) is 9.81. The van der Waals surface area contributed by atoms with Gasteiger partial charge in [0.05, 0.1) is 10.9 Å². The van der Waals surface area contributed by atoms with Gasteiger partial charge >= 0.3 is 0 Å². The van der Waals surface area contributed by atoms with E-state index in [0.29, 0.717) is 21.3 Å². The first kappa shape index (κ1) is 30.7. The van der Waals surface area contributed by atoms with Crippen LogP contribution in [0.2, 0.25) is 0 Å². The Bertz CT molecular complexity index is 1620. The normalized spacial score (nSPS) is 17.5. The maximum absolute atomic E-state index is 13.8. The Morgan fingerprint density at radius 1 is 1.02 bits per heavy atom. The number of amides is 1. The third-order valence-electron chi connectivity index (χ3n) is 8.27. The summed E-state index contributed by atoms with van der Waals surface area (Å²) in [6, 6.07) is 22.2. The number of benzene rings is 2. The SMILES string of the molecule is CCCCn1c(N2CCN(Cc3ccccc3)CC2)c(/C=C2/SC(=S)N(C(C)c3ccccc3)C2=O)c(C)c(C#N)c1=O. The molecular formula is C34H37N5O2S2. The highest BCUT2D eigenvalue weighted by molar-refractivity contribution is 8.26. The van der Waals surface area contributed by atoms with E-state index in [2.05, 4.69) is 47.1 Å². The van der Waals surface area contributed by atoms with Crippen molar-refractivity contribution in [3.63, 3.8) is 0 Å². The van der Waals surface area contributed by atoms with Gasteiger partial charge in [-0.15, -0.1) is 0 Å². The van der Waals surface area contributed by atoms with Crippen LogP contribution in [-0.2, 0) is 17.9 Å². The molecule has 1 amide bonds. The van der Waals surface area contributed by atoms with Crippen LogP contribution >= 0.6 is 24.0 Å². The molecule has 2 fully saturated rings. The molecule has 3 aromatic rings. The first-order valence-electron chi connectivity index (χ1n) is 14.8. The molecule has 2 aromatic carbocycles. The molecule has 0 bridgehead atoms. The van der Waals surface area contributed by atoms with E-state index in [4.69, 9.17) is 12.2 Å². The van der Waals surface area contributed by atoms with E-state index in [1.54, 1.807) is 9.47 Å². The van der Waals surface area contributed by atoms with Gasteiger partial charge in [-0.25, -0.2) is 0 Å². The molecule has 2 saturated heterocycles. The number of thioether (sulfide) groups is 1. The van der Waals surface area contributed by atoms with E-state index in [9.17, 15) is 14.9 Å². The summed E-state index contributed by atoms with van der Waals surface area (Å²) in [5, 5.41) is 10.0. The molecule has 0 radical (unpaired) electrons. The summed E-state index contributed by atoms with van der Waals surface area (Å²) in [5.41, 5.74) is 3.49. The molecule has 0 N–H and O–H groups in total. The molecule has 43 heavy (non-hydrogen) atoms. The number of hydrogen-bond acceptors (Lipinski definition) is 7. The fourth-order valence-electron chi connectivity index (χ4n) is 5.79. The molecule has 3 heterocycles. The van der Waals surface area contributed by atoms with Crippen LogP contribution in [0.3, 0.4) is 0 Å². The summed E-state index contributed by atoms with van der Waals surface area (Å²) in [5.74, 6) is 0.630. The lowest BCUT2D eigenvalue weighted by molar-refractivity contribution is -0.123. The number of carbonyl (C=O) groups excluding carboxylic acids is 1. The number of aromatic nitrogens is 1. The summed E-state index contributed by atoms with van der Waals surface area (Å²) in [6.45, 7) is 10.4. The zero-order chi connectivity index (χ0) is 30.5. The van der Waals surface area contributed by atoms with Crippen molar-refractivity contribution in [1.29, 1.82) is 5.26 Å². The number of carbonyl (C=O) groups is 1. The van der Waals surface area contributed by atoms with Crippen molar-refractivity contribution in [3.8, 4) is 6.07 Å². The van der Waals surface area contributed by atoms with Gasteiger partial charge in [-0.2, -0.15) is 5.26 Å². The maximum Gasteiger partial charge on any atom is 0.270 e. The molecule has 0 spiro atoms. The second-order valence-corrected chi connectivity index (χ2v) is 12.7. The Hall–Kier alpha value is -3.71. The van der Waals surface area contributed by atoms with Crippen molar-refractivity contribution < 1.29 is 4.79 Å². The largest absolute Gasteiger partial charge is 0.355 e. The average Bonchev–Trinajstić information content (AvgIpc) is 3.31. The van der Waals surface area contributed by atoms with Crippen molar-refractivity contribution in [2.75, 3.05) is 31.1 Å². The van der Waals surface area contributed by atoms with Gasteiger partial charge in [0.2, 0.25) is 0 Å². The number of nitrogens with zero attached hydrogens (tertiary/aromatic N) is 5. The third kappa shape index (κ3) is 6.47. The second kappa shape index (κ2) is 13.7. The monoisotopic (exact) mass is 611 g/mol. The molecule has 1 atom stereocenters. The van der Waals surface area contributed by atoms with Crippen LogP contribution in [0.5, 0.6) is 0 Å². The number of pyridine rings is 1. The van der Waals surface area contributed by atoms with Crippen molar-refractivity contribution in [2.24, 2.45) is 0 Å². The summed E-state index contributed by atoms with van der Waals surface area (Å²) in [4.78, 5) is 34.4. The second-order valence-electron chi connectivity index (χ2n) is 11.0. The zero-order valence-electron chi connectivity index (χ0n) is 25.0. The smallest absolute Gasteiger partial charge is 0.270 e.